The Bertz CT molecular complexity index is 801. The predicted molar refractivity (Wildman–Crippen MR) is 81.6 cm³/mol. The minimum Gasteiger partial charge on any atom is -0.480 e. The number of nitrogens with one attached hydrogen (secondary N) is 2. The van der Waals surface area contributed by atoms with Gasteiger partial charge in [0.1, 0.15) is 18.4 Å². The van der Waals surface area contributed by atoms with Crippen molar-refractivity contribution < 1.29 is 14.7 Å². The summed E-state index contributed by atoms with van der Waals surface area (Å²) >= 11 is 0. The second-order valence-corrected chi connectivity index (χ2v) is 5.77. The number of aliphatic carboxylic acids is 1. The maximum atomic E-state index is 12.4. The van der Waals surface area contributed by atoms with Gasteiger partial charge in [0.2, 0.25) is 0 Å². The lowest BCUT2D eigenvalue weighted by Gasteiger charge is -2.22. The molecule has 0 spiro atoms. The number of carboxylic acid groups (broad SMARTS) is 1. The van der Waals surface area contributed by atoms with Crippen LogP contribution in [0.15, 0.2) is 17.2 Å². The first-order chi connectivity index (χ1) is 11.1. The van der Waals surface area contributed by atoms with Crippen LogP contribution in [0.3, 0.4) is 0 Å². The molecule has 2 aromatic rings. The standard InChI is InChI=1S/C15H18N4O4/c20-11-6-10(9-4-2-1-3-5-9)19-14(17-8-18-19)13(11)15(23)16-7-12(21)22/h6,8-9H,1-5,7H2,(H,16,23)(H,17,18)(H,21,22). The van der Waals surface area contributed by atoms with Gasteiger partial charge in [-0.3, -0.25) is 19.5 Å². The molecule has 2 heterocycles. The summed E-state index contributed by atoms with van der Waals surface area (Å²) in [6.07, 6.45) is 6.88. The highest BCUT2D eigenvalue weighted by Crippen LogP contribution is 2.32. The first kappa shape index (κ1) is 15.3. The molecule has 3 N–H and O–H groups in total. The van der Waals surface area contributed by atoms with E-state index in [9.17, 15) is 14.4 Å². The predicted octanol–water partition coefficient (Wildman–Crippen LogP) is 0.885. The molecule has 0 radical (unpaired) electrons. The molecule has 122 valence electrons. The van der Waals surface area contributed by atoms with Crippen molar-refractivity contribution in [2.45, 2.75) is 38.0 Å². The number of hydrogen-bond donors (Lipinski definition) is 3. The normalized spacial score (nSPS) is 15.7. The van der Waals surface area contributed by atoms with E-state index in [0.29, 0.717) is 0 Å². The van der Waals surface area contributed by atoms with Gasteiger partial charge in [-0.2, -0.15) is 0 Å². The maximum absolute atomic E-state index is 12.4. The summed E-state index contributed by atoms with van der Waals surface area (Å²) < 4.78 is 1.66. The number of carboxylic acids is 1. The topological polar surface area (TPSA) is 117 Å². The number of aromatic nitrogens is 3. The summed E-state index contributed by atoms with van der Waals surface area (Å²) in [4.78, 5) is 39.2. The monoisotopic (exact) mass is 318 g/mol. The van der Waals surface area contributed by atoms with E-state index >= 15 is 0 Å². The lowest BCUT2D eigenvalue weighted by atomic mass is 9.86. The molecular formula is C15H18N4O4. The van der Waals surface area contributed by atoms with Crippen LogP contribution in [0.4, 0.5) is 0 Å². The van der Waals surface area contributed by atoms with Gasteiger partial charge in [-0.15, -0.1) is 0 Å². The summed E-state index contributed by atoms with van der Waals surface area (Å²) in [6, 6.07) is 1.47. The number of nitrogens with zero attached hydrogens (tertiary/aromatic N) is 2. The number of H-pyrrole nitrogens is 1. The molecule has 0 atom stereocenters. The first-order valence-corrected chi connectivity index (χ1v) is 7.67. The lowest BCUT2D eigenvalue weighted by molar-refractivity contribution is -0.135. The van der Waals surface area contributed by atoms with E-state index in [1.54, 1.807) is 4.52 Å². The van der Waals surface area contributed by atoms with E-state index in [1.807, 2.05) is 0 Å². The SMILES string of the molecule is O=C(O)CNC(=O)c1c(=O)cc(C2CCCCC2)n2[nH]cnc12. The smallest absolute Gasteiger partial charge is 0.322 e. The fraction of sp³-hybridized carbons (Fsp3) is 0.467. The van der Waals surface area contributed by atoms with Crippen LogP contribution in [0.5, 0.6) is 0 Å². The van der Waals surface area contributed by atoms with Gasteiger partial charge in [0, 0.05) is 17.7 Å². The molecule has 0 unspecified atom stereocenters. The van der Waals surface area contributed by atoms with E-state index in [1.165, 1.54) is 18.8 Å². The van der Waals surface area contributed by atoms with Gasteiger partial charge in [-0.05, 0) is 12.8 Å². The van der Waals surface area contributed by atoms with E-state index in [2.05, 4.69) is 15.4 Å². The first-order valence-electron chi connectivity index (χ1n) is 7.67. The van der Waals surface area contributed by atoms with Gasteiger partial charge in [-0.1, -0.05) is 19.3 Å². The number of carbonyl (C=O) groups excluding carboxylic acids is 1. The van der Waals surface area contributed by atoms with Crippen molar-refractivity contribution >= 4 is 17.5 Å². The van der Waals surface area contributed by atoms with Crippen LogP contribution in [-0.4, -0.2) is 38.1 Å². The minimum absolute atomic E-state index is 0.132. The molecule has 0 aromatic carbocycles. The van der Waals surface area contributed by atoms with Crippen molar-refractivity contribution in [2.75, 3.05) is 6.54 Å². The third kappa shape index (κ3) is 2.96. The van der Waals surface area contributed by atoms with Crippen molar-refractivity contribution in [3.05, 3.63) is 33.9 Å². The van der Waals surface area contributed by atoms with Crippen LogP contribution in [-0.2, 0) is 4.79 Å². The summed E-state index contributed by atoms with van der Waals surface area (Å²) in [5, 5.41) is 13.8. The Labute approximate surface area is 131 Å². The van der Waals surface area contributed by atoms with Gasteiger partial charge >= 0.3 is 5.97 Å². The van der Waals surface area contributed by atoms with Gasteiger partial charge in [0.05, 0.1) is 0 Å². The summed E-state index contributed by atoms with van der Waals surface area (Å²) in [5.74, 6) is -1.63. The van der Waals surface area contributed by atoms with Crippen LogP contribution < -0.4 is 10.7 Å². The molecule has 3 rings (SSSR count). The molecule has 1 aliphatic carbocycles. The minimum atomic E-state index is -1.17. The van der Waals surface area contributed by atoms with Gasteiger partial charge in [-0.25, -0.2) is 9.50 Å². The summed E-state index contributed by atoms with van der Waals surface area (Å²) in [7, 11) is 0. The van der Waals surface area contributed by atoms with Crippen molar-refractivity contribution in [2.24, 2.45) is 0 Å². The number of carbonyl (C=O) groups is 2. The highest BCUT2D eigenvalue weighted by molar-refractivity contribution is 6.00. The fourth-order valence-electron chi connectivity index (χ4n) is 3.18. The van der Waals surface area contributed by atoms with Crippen molar-refractivity contribution in [1.82, 2.24) is 19.9 Å². The number of rotatable bonds is 4. The number of amides is 1. The van der Waals surface area contributed by atoms with E-state index in [-0.39, 0.29) is 17.1 Å². The molecule has 1 fully saturated rings. The van der Waals surface area contributed by atoms with Crippen LogP contribution >= 0.6 is 0 Å². The molecule has 8 heteroatoms. The Morgan fingerprint density at radius 1 is 1.35 bits per heavy atom. The molecule has 23 heavy (non-hydrogen) atoms. The number of pyridine rings is 1. The number of hydrogen-bond acceptors (Lipinski definition) is 4. The van der Waals surface area contributed by atoms with E-state index in [4.69, 9.17) is 5.11 Å². The van der Waals surface area contributed by atoms with Gasteiger partial charge in [0.15, 0.2) is 11.1 Å². The fourth-order valence-corrected chi connectivity index (χ4v) is 3.18. The van der Waals surface area contributed by atoms with Crippen LogP contribution in [0.2, 0.25) is 0 Å². The van der Waals surface area contributed by atoms with Gasteiger partial charge in [0.25, 0.3) is 5.91 Å². The van der Waals surface area contributed by atoms with Gasteiger partial charge < -0.3 is 10.4 Å². The molecule has 1 amide bonds. The quantitative estimate of drug-likeness (QED) is 0.774. The Hall–Kier alpha value is -2.64. The average Bonchev–Trinajstić information content (AvgIpc) is 3.01. The molecular weight excluding hydrogens is 300 g/mol. The Balaban J connectivity index is 2.02. The van der Waals surface area contributed by atoms with E-state index in [0.717, 1.165) is 31.4 Å². The largest absolute Gasteiger partial charge is 0.480 e. The van der Waals surface area contributed by atoms with Crippen LogP contribution in [0, 0.1) is 0 Å². The Kier molecular flexibility index (Phi) is 4.14. The second kappa shape index (κ2) is 6.23. The zero-order valence-electron chi connectivity index (χ0n) is 12.5. The lowest BCUT2D eigenvalue weighted by Crippen LogP contribution is -2.33. The van der Waals surface area contributed by atoms with E-state index < -0.39 is 23.9 Å². The highest BCUT2D eigenvalue weighted by atomic mass is 16.4. The molecule has 0 aliphatic heterocycles. The van der Waals surface area contributed by atoms with Crippen LogP contribution in [0.25, 0.3) is 5.65 Å². The Morgan fingerprint density at radius 2 is 2.09 bits per heavy atom. The molecule has 0 bridgehead atoms. The Morgan fingerprint density at radius 3 is 2.78 bits per heavy atom. The second-order valence-electron chi connectivity index (χ2n) is 5.77. The highest BCUT2D eigenvalue weighted by Gasteiger charge is 2.24. The molecule has 2 aromatic heterocycles. The zero-order valence-corrected chi connectivity index (χ0v) is 12.5. The molecule has 8 nitrogen and oxygen atoms in total. The van der Waals surface area contributed by atoms with Crippen molar-refractivity contribution in [3.8, 4) is 0 Å². The third-order valence-electron chi connectivity index (χ3n) is 4.24. The van der Waals surface area contributed by atoms with Crippen LogP contribution in [0.1, 0.15) is 54.1 Å². The van der Waals surface area contributed by atoms with Crippen molar-refractivity contribution in [3.63, 3.8) is 0 Å². The molecule has 1 saturated carbocycles. The molecule has 1 aliphatic rings. The van der Waals surface area contributed by atoms with Crippen molar-refractivity contribution in [1.29, 1.82) is 0 Å². The zero-order chi connectivity index (χ0) is 16.4. The maximum Gasteiger partial charge on any atom is 0.322 e. The molecule has 0 saturated heterocycles. The summed E-state index contributed by atoms with van der Waals surface area (Å²) in [5.41, 5.74) is 0.505. The summed E-state index contributed by atoms with van der Waals surface area (Å²) in [6.45, 7) is -0.542. The average molecular weight is 318 g/mol. The number of fused-ring (bicyclic) bond motifs is 1. The number of aromatic amines is 1. The third-order valence-corrected chi connectivity index (χ3v) is 4.24.